The van der Waals surface area contributed by atoms with Gasteiger partial charge in [0.1, 0.15) is 0 Å². The number of aryl methyl sites for hydroxylation is 1. The number of hydrogen-bond donors (Lipinski definition) is 0. The smallest absolute Gasteiger partial charge is 0.258 e. The predicted molar refractivity (Wildman–Crippen MR) is 91.1 cm³/mol. The molecule has 1 amide bonds. The van der Waals surface area contributed by atoms with Gasteiger partial charge in [-0.25, -0.2) is 8.42 Å². The predicted octanol–water partition coefficient (Wildman–Crippen LogP) is 2.95. The fraction of sp³-hybridized carbons (Fsp3) is 0.167. The van der Waals surface area contributed by atoms with Gasteiger partial charge in [-0.1, -0.05) is 35.9 Å². The van der Waals surface area contributed by atoms with Crippen molar-refractivity contribution in [2.45, 2.75) is 13.0 Å². The normalized spacial score (nSPS) is 18.7. The number of benzene rings is 2. The second-order valence-corrected chi connectivity index (χ2v) is 7.53. The number of anilines is 1. The molecule has 1 aliphatic rings. The lowest BCUT2D eigenvalue weighted by Crippen LogP contribution is -2.41. The second-order valence-electron chi connectivity index (χ2n) is 5.60. The van der Waals surface area contributed by atoms with Gasteiger partial charge in [-0.2, -0.15) is 0 Å². The van der Waals surface area contributed by atoms with E-state index in [1.165, 1.54) is 5.41 Å². The molecule has 118 valence electrons. The summed E-state index contributed by atoms with van der Waals surface area (Å²) >= 11 is 0. The van der Waals surface area contributed by atoms with Crippen molar-refractivity contribution < 1.29 is 13.2 Å². The summed E-state index contributed by atoms with van der Waals surface area (Å²) in [6, 6.07) is 15.9. The van der Waals surface area contributed by atoms with Gasteiger partial charge < -0.3 is 4.90 Å². The fourth-order valence-corrected chi connectivity index (χ4v) is 3.87. The summed E-state index contributed by atoms with van der Waals surface area (Å²) < 4.78 is 23.5. The summed E-state index contributed by atoms with van der Waals surface area (Å²) in [4.78, 5) is 14.5. The summed E-state index contributed by atoms with van der Waals surface area (Å²) in [7, 11) is -3.25. The van der Waals surface area contributed by atoms with Crippen molar-refractivity contribution in [1.29, 1.82) is 0 Å². The average molecular weight is 327 g/mol. The van der Waals surface area contributed by atoms with E-state index in [2.05, 4.69) is 0 Å². The molecule has 23 heavy (non-hydrogen) atoms. The molecule has 0 bridgehead atoms. The number of para-hydroxylation sites is 1. The first kappa shape index (κ1) is 15.5. The Morgan fingerprint density at radius 2 is 1.70 bits per heavy atom. The molecule has 0 saturated carbocycles. The summed E-state index contributed by atoms with van der Waals surface area (Å²) in [5, 5.41) is 1.19. The van der Waals surface area contributed by atoms with E-state index >= 15 is 0 Å². The van der Waals surface area contributed by atoms with Crippen molar-refractivity contribution in [2.75, 3.05) is 10.7 Å². The van der Waals surface area contributed by atoms with Crippen LogP contribution < -0.4 is 4.90 Å². The second kappa shape index (κ2) is 6.01. The number of carbonyl (C=O) groups excluding carboxylic acids is 1. The number of rotatable bonds is 3. The Labute approximate surface area is 136 Å². The lowest BCUT2D eigenvalue weighted by Gasteiger charge is -2.27. The maximum Gasteiger partial charge on any atom is 0.258 e. The topological polar surface area (TPSA) is 54.5 Å². The quantitative estimate of drug-likeness (QED) is 0.871. The van der Waals surface area contributed by atoms with Gasteiger partial charge in [0.2, 0.25) is 0 Å². The lowest BCUT2D eigenvalue weighted by molar-refractivity contribution is 0.0983. The highest BCUT2D eigenvalue weighted by atomic mass is 32.2. The van der Waals surface area contributed by atoms with Crippen LogP contribution in [0.2, 0.25) is 0 Å². The van der Waals surface area contributed by atoms with Crippen LogP contribution in [0.4, 0.5) is 5.69 Å². The highest BCUT2D eigenvalue weighted by Crippen LogP contribution is 2.24. The van der Waals surface area contributed by atoms with E-state index in [0.29, 0.717) is 11.3 Å². The molecule has 0 N–H and O–H groups in total. The van der Waals surface area contributed by atoms with E-state index in [1.807, 2.05) is 49.4 Å². The number of carbonyl (C=O) groups is 1. The van der Waals surface area contributed by atoms with Gasteiger partial charge in [-0.15, -0.1) is 0 Å². The van der Waals surface area contributed by atoms with E-state index in [1.54, 1.807) is 23.1 Å². The zero-order valence-electron chi connectivity index (χ0n) is 12.7. The largest absolute Gasteiger partial charge is 0.300 e. The minimum Gasteiger partial charge on any atom is -0.300 e. The van der Waals surface area contributed by atoms with Crippen LogP contribution in [0.5, 0.6) is 0 Å². The molecule has 2 aromatic carbocycles. The van der Waals surface area contributed by atoms with Crippen molar-refractivity contribution in [3.63, 3.8) is 0 Å². The number of nitrogens with zero attached hydrogens (tertiary/aromatic N) is 1. The summed E-state index contributed by atoms with van der Waals surface area (Å²) in [6.07, 6.45) is 1.58. The maximum atomic E-state index is 13.0. The van der Waals surface area contributed by atoms with Crippen molar-refractivity contribution in [1.82, 2.24) is 0 Å². The summed E-state index contributed by atoms with van der Waals surface area (Å²) in [5.74, 6) is -0.289. The van der Waals surface area contributed by atoms with Gasteiger partial charge in [0.15, 0.2) is 9.84 Å². The van der Waals surface area contributed by atoms with Gasteiger partial charge in [0, 0.05) is 16.7 Å². The summed E-state index contributed by atoms with van der Waals surface area (Å²) in [5.41, 5.74) is 2.29. The van der Waals surface area contributed by atoms with E-state index in [9.17, 15) is 13.2 Å². The molecule has 0 radical (unpaired) electrons. The van der Waals surface area contributed by atoms with Crippen molar-refractivity contribution in [2.24, 2.45) is 0 Å². The molecule has 0 fully saturated rings. The zero-order chi connectivity index (χ0) is 16.4. The first-order chi connectivity index (χ1) is 11.0. The van der Waals surface area contributed by atoms with Crippen LogP contribution in [0.3, 0.4) is 0 Å². The van der Waals surface area contributed by atoms with Gasteiger partial charge >= 0.3 is 0 Å². The van der Waals surface area contributed by atoms with E-state index in [0.717, 1.165) is 5.56 Å². The SMILES string of the molecule is Cc1ccc(C(=O)N(c2ccccc2)[C@@H]2C=CS(=O)(=O)C2)cc1. The van der Waals surface area contributed by atoms with Gasteiger partial charge in [0.05, 0.1) is 11.8 Å². The molecule has 0 unspecified atom stereocenters. The van der Waals surface area contributed by atoms with Crippen LogP contribution in [-0.4, -0.2) is 26.1 Å². The lowest BCUT2D eigenvalue weighted by atomic mass is 10.1. The van der Waals surface area contributed by atoms with Crippen LogP contribution in [0.25, 0.3) is 0 Å². The maximum absolute atomic E-state index is 13.0. The fourth-order valence-electron chi connectivity index (χ4n) is 2.60. The Kier molecular flexibility index (Phi) is 4.05. The van der Waals surface area contributed by atoms with Crippen molar-refractivity contribution in [3.8, 4) is 0 Å². The monoisotopic (exact) mass is 327 g/mol. The highest BCUT2D eigenvalue weighted by molar-refractivity contribution is 7.94. The number of amides is 1. The average Bonchev–Trinajstić information content (AvgIpc) is 2.89. The van der Waals surface area contributed by atoms with Crippen LogP contribution >= 0.6 is 0 Å². The van der Waals surface area contributed by atoms with E-state index in [-0.39, 0.29) is 11.7 Å². The van der Waals surface area contributed by atoms with Crippen LogP contribution in [0, 0.1) is 6.92 Å². The minimum absolute atomic E-state index is 0.0838. The highest BCUT2D eigenvalue weighted by Gasteiger charge is 2.31. The van der Waals surface area contributed by atoms with Crippen LogP contribution in [-0.2, 0) is 9.84 Å². The standard InChI is InChI=1S/C18H17NO3S/c1-14-7-9-15(10-8-14)18(20)19(16-5-3-2-4-6-16)17-11-12-23(21,22)13-17/h2-12,17H,13H2,1H3/t17-/m1/s1. The Hall–Kier alpha value is -2.40. The molecule has 1 heterocycles. The molecule has 2 aromatic rings. The number of hydrogen-bond acceptors (Lipinski definition) is 3. The molecular formula is C18H17NO3S. The van der Waals surface area contributed by atoms with Crippen LogP contribution in [0.15, 0.2) is 66.1 Å². The van der Waals surface area contributed by atoms with Crippen LogP contribution in [0.1, 0.15) is 15.9 Å². The molecule has 0 saturated heterocycles. The first-order valence-corrected chi connectivity index (χ1v) is 9.04. The Morgan fingerprint density at radius 3 is 2.26 bits per heavy atom. The molecule has 1 aliphatic heterocycles. The van der Waals surface area contributed by atoms with E-state index in [4.69, 9.17) is 0 Å². The van der Waals surface area contributed by atoms with Crippen molar-refractivity contribution in [3.05, 3.63) is 77.2 Å². The molecule has 0 aliphatic carbocycles. The third kappa shape index (κ3) is 3.35. The zero-order valence-corrected chi connectivity index (χ0v) is 13.5. The molecule has 1 atom stereocenters. The first-order valence-electron chi connectivity index (χ1n) is 7.32. The molecule has 3 rings (SSSR count). The van der Waals surface area contributed by atoms with Gasteiger partial charge in [-0.3, -0.25) is 4.79 Å². The van der Waals surface area contributed by atoms with Gasteiger partial charge in [0.25, 0.3) is 5.91 Å². The molecule has 5 heteroatoms. The third-order valence-corrected chi connectivity index (χ3v) is 5.17. The van der Waals surface area contributed by atoms with E-state index < -0.39 is 15.9 Å². The molecule has 0 aromatic heterocycles. The Bertz CT molecular complexity index is 840. The Balaban J connectivity index is 2.00. The minimum atomic E-state index is -3.25. The third-order valence-electron chi connectivity index (χ3n) is 3.79. The molecule has 4 nitrogen and oxygen atoms in total. The number of sulfone groups is 1. The molecular weight excluding hydrogens is 310 g/mol. The van der Waals surface area contributed by atoms with Gasteiger partial charge in [-0.05, 0) is 37.3 Å². The summed E-state index contributed by atoms with van der Waals surface area (Å²) in [6.45, 7) is 1.95. The van der Waals surface area contributed by atoms with Crippen molar-refractivity contribution >= 4 is 21.4 Å². The molecule has 0 spiro atoms. The Morgan fingerprint density at radius 1 is 1.04 bits per heavy atom.